The fourth-order valence-electron chi connectivity index (χ4n) is 7.10. The van der Waals surface area contributed by atoms with Crippen LogP contribution in [0.2, 0.25) is 0 Å². The molecule has 142 valence electrons. The van der Waals surface area contributed by atoms with Gasteiger partial charge in [-0.25, -0.2) is 0 Å². The van der Waals surface area contributed by atoms with Crippen LogP contribution in [0.4, 0.5) is 0 Å². The predicted octanol–water partition coefficient (Wildman–Crippen LogP) is 5.84. The Morgan fingerprint density at radius 1 is 1.27 bits per heavy atom. The van der Waals surface area contributed by atoms with Crippen molar-refractivity contribution in [3.63, 3.8) is 0 Å². The Morgan fingerprint density at radius 3 is 2.85 bits per heavy atom. The minimum atomic E-state index is 0.424. The van der Waals surface area contributed by atoms with Crippen LogP contribution >= 0.6 is 0 Å². The first-order chi connectivity index (χ1) is 12.6. The molecule has 0 radical (unpaired) electrons. The minimum Gasteiger partial charge on any atom is -0.490 e. The Labute approximate surface area is 158 Å². The fourth-order valence-corrected chi connectivity index (χ4v) is 7.10. The number of fused-ring (bicyclic) bond motifs is 5. The van der Waals surface area contributed by atoms with Gasteiger partial charge in [-0.1, -0.05) is 32.4 Å². The van der Waals surface area contributed by atoms with E-state index in [0.717, 1.165) is 42.3 Å². The van der Waals surface area contributed by atoms with Gasteiger partial charge in [-0.3, -0.25) is 4.79 Å². The van der Waals surface area contributed by atoms with Gasteiger partial charge in [0.1, 0.15) is 12.0 Å². The Balaban J connectivity index is 1.66. The van der Waals surface area contributed by atoms with Crippen molar-refractivity contribution in [1.82, 2.24) is 0 Å². The van der Waals surface area contributed by atoms with Gasteiger partial charge in [-0.2, -0.15) is 0 Å². The zero-order valence-electron chi connectivity index (χ0n) is 16.7. The highest BCUT2D eigenvalue weighted by atomic mass is 16.5. The molecule has 0 unspecified atom stereocenters. The number of ether oxygens (including phenoxy) is 1. The summed E-state index contributed by atoms with van der Waals surface area (Å²) in [5.74, 6) is 4.45. The minimum absolute atomic E-state index is 0.424. The molecule has 2 nitrogen and oxygen atoms in total. The lowest BCUT2D eigenvalue weighted by atomic mass is 9.51. The van der Waals surface area contributed by atoms with Gasteiger partial charge in [0, 0.05) is 12.3 Å². The number of allylic oxidation sites excluding steroid dienone is 2. The first kappa shape index (κ1) is 18.1. The van der Waals surface area contributed by atoms with Crippen LogP contribution in [0.25, 0.3) is 0 Å². The zero-order chi connectivity index (χ0) is 18.3. The molecule has 0 bridgehead atoms. The quantitative estimate of drug-likeness (QED) is 0.458. The van der Waals surface area contributed by atoms with Crippen LogP contribution in [0.1, 0.15) is 72.1 Å². The summed E-state index contributed by atoms with van der Waals surface area (Å²) in [6.07, 6.45) is 13.4. The van der Waals surface area contributed by atoms with Crippen molar-refractivity contribution in [3.8, 4) is 0 Å². The van der Waals surface area contributed by atoms with Crippen LogP contribution in [0, 0.1) is 35.0 Å². The van der Waals surface area contributed by atoms with E-state index in [1.807, 2.05) is 6.92 Å². The molecule has 4 aliphatic carbocycles. The summed E-state index contributed by atoms with van der Waals surface area (Å²) in [5, 5.41) is 0. The standard InChI is InChI=1S/C24H34O2/c1-4-6-17-7-10-23-22-13-16(15-25)21-14-18(26-5-2)8-9-19(21)20(22)11-12-24(17,23)3/h9,15,17,19-20,22-23H,4-7,10-14H2,1-3H3/t17-,19+,20+,22+,23-,24+/m0/s1. The fraction of sp³-hybridized carbons (Fsp3) is 0.750. The Kier molecular flexibility index (Phi) is 4.90. The molecule has 4 rings (SSSR count). The van der Waals surface area contributed by atoms with Crippen molar-refractivity contribution in [2.24, 2.45) is 35.0 Å². The number of rotatable bonds is 5. The Bertz CT molecular complexity index is 666. The van der Waals surface area contributed by atoms with Crippen LogP contribution < -0.4 is 0 Å². The lowest BCUT2D eigenvalue weighted by Crippen LogP contribution is -2.46. The third-order valence-corrected chi connectivity index (χ3v) is 8.29. The number of carbonyl (C=O) groups excluding carboxylic acids is 1. The number of carbonyl (C=O) groups is 1. The average molecular weight is 355 g/mol. The summed E-state index contributed by atoms with van der Waals surface area (Å²) >= 11 is 0. The summed E-state index contributed by atoms with van der Waals surface area (Å²) in [6, 6.07) is 0. The molecule has 2 fully saturated rings. The highest BCUT2D eigenvalue weighted by Gasteiger charge is 2.55. The molecular formula is C24H34O2. The van der Waals surface area contributed by atoms with E-state index < -0.39 is 0 Å². The van der Waals surface area contributed by atoms with E-state index in [9.17, 15) is 4.79 Å². The summed E-state index contributed by atoms with van der Waals surface area (Å²) in [6.45, 7) is 7.60. The van der Waals surface area contributed by atoms with Crippen molar-refractivity contribution in [2.45, 2.75) is 72.1 Å². The molecule has 4 aliphatic rings. The van der Waals surface area contributed by atoms with Gasteiger partial charge in [-0.15, -0.1) is 0 Å². The molecule has 0 amide bonds. The topological polar surface area (TPSA) is 26.3 Å². The molecule has 0 saturated heterocycles. The highest BCUT2D eigenvalue weighted by molar-refractivity contribution is 5.76. The van der Waals surface area contributed by atoms with Gasteiger partial charge >= 0.3 is 0 Å². The first-order valence-electron chi connectivity index (χ1n) is 10.9. The number of hydrogen-bond donors (Lipinski definition) is 0. The maximum absolute atomic E-state index is 12.0. The first-order valence-corrected chi connectivity index (χ1v) is 10.9. The van der Waals surface area contributed by atoms with Crippen molar-refractivity contribution in [2.75, 3.05) is 6.61 Å². The lowest BCUT2D eigenvalue weighted by molar-refractivity contribution is -0.105. The maximum Gasteiger partial charge on any atom is 0.146 e. The maximum atomic E-state index is 12.0. The van der Waals surface area contributed by atoms with E-state index in [1.165, 1.54) is 44.1 Å². The van der Waals surface area contributed by atoms with Gasteiger partial charge in [-0.05, 0) is 85.3 Å². The average Bonchev–Trinajstić information content (AvgIpc) is 2.98. The van der Waals surface area contributed by atoms with Crippen LogP contribution in [-0.4, -0.2) is 12.9 Å². The van der Waals surface area contributed by atoms with Crippen LogP contribution in [0.15, 0.2) is 28.7 Å². The molecule has 0 aromatic heterocycles. The largest absolute Gasteiger partial charge is 0.490 e. The van der Waals surface area contributed by atoms with Crippen LogP contribution in [0.5, 0.6) is 0 Å². The van der Waals surface area contributed by atoms with Crippen molar-refractivity contribution < 1.29 is 9.53 Å². The molecule has 0 N–H and O–H groups in total. The van der Waals surface area contributed by atoms with Crippen LogP contribution in [0.3, 0.4) is 0 Å². The Morgan fingerprint density at radius 2 is 2.12 bits per heavy atom. The second-order valence-corrected chi connectivity index (χ2v) is 9.28. The van der Waals surface area contributed by atoms with Gasteiger partial charge in [0.2, 0.25) is 0 Å². The molecular weight excluding hydrogens is 320 g/mol. The summed E-state index contributed by atoms with van der Waals surface area (Å²) < 4.78 is 5.71. The predicted molar refractivity (Wildman–Crippen MR) is 104 cm³/mol. The van der Waals surface area contributed by atoms with Crippen molar-refractivity contribution in [1.29, 1.82) is 0 Å². The zero-order valence-corrected chi connectivity index (χ0v) is 16.7. The van der Waals surface area contributed by atoms with E-state index in [0.29, 0.717) is 29.8 Å². The monoisotopic (exact) mass is 354 g/mol. The van der Waals surface area contributed by atoms with Crippen molar-refractivity contribution >= 4 is 6.29 Å². The van der Waals surface area contributed by atoms with Crippen molar-refractivity contribution in [3.05, 3.63) is 28.7 Å². The van der Waals surface area contributed by atoms with Gasteiger partial charge in [0.15, 0.2) is 0 Å². The van der Waals surface area contributed by atoms with Gasteiger partial charge < -0.3 is 4.74 Å². The number of aldehydes is 1. The third kappa shape index (κ3) is 2.73. The second-order valence-electron chi connectivity index (χ2n) is 9.28. The third-order valence-electron chi connectivity index (χ3n) is 8.29. The van der Waals surface area contributed by atoms with Gasteiger partial charge in [0.25, 0.3) is 0 Å². The van der Waals surface area contributed by atoms with E-state index >= 15 is 0 Å². The smallest absolute Gasteiger partial charge is 0.146 e. The van der Waals surface area contributed by atoms with Gasteiger partial charge in [0.05, 0.1) is 6.61 Å². The SMILES string of the molecule is CCC[C@H]1CC[C@H]2[C@@H]3CC(C=O)=C4CC(OCC)=C=C[C@@H]4[C@H]3CC[C@]12C. The summed E-state index contributed by atoms with van der Waals surface area (Å²) in [7, 11) is 0. The summed E-state index contributed by atoms with van der Waals surface area (Å²) in [5.41, 5.74) is 6.34. The Hall–Kier alpha value is -1.27. The molecule has 2 saturated carbocycles. The molecule has 0 aliphatic heterocycles. The molecule has 26 heavy (non-hydrogen) atoms. The molecule has 0 heterocycles. The molecule has 0 aromatic carbocycles. The lowest BCUT2D eigenvalue weighted by Gasteiger charge is -2.53. The van der Waals surface area contributed by atoms with E-state index in [2.05, 4.69) is 25.7 Å². The highest BCUT2D eigenvalue weighted by Crippen LogP contribution is 2.64. The number of hydrogen-bond acceptors (Lipinski definition) is 2. The molecule has 0 spiro atoms. The normalized spacial score (nSPS) is 41.2. The van der Waals surface area contributed by atoms with E-state index in [1.54, 1.807) is 0 Å². The van der Waals surface area contributed by atoms with E-state index in [-0.39, 0.29) is 0 Å². The molecule has 6 atom stereocenters. The second kappa shape index (κ2) is 7.04. The van der Waals surface area contributed by atoms with E-state index in [4.69, 9.17) is 4.74 Å². The molecule has 0 aromatic rings. The van der Waals surface area contributed by atoms with Crippen LogP contribution in [-0.2, 0) is 9.53 Å². The molecule has 2 heteroatoms. The summed E-state index contributed by atoms with van der Waals surface area (Å²) in [4.78, 5) is 12.0.